The standard InChI is InChI=1S/C27H31IN4O3S/c1-20-16-22(19-29-24-7-5-6-23(28)17-24)21(2)32(20)27-18-25(8-9-26(27)30-10-3-4-11-30)36(33,34)31-12-14-35-15-13-31/h5-9,16-19H,3-4,10-15H2,1-2H3. The first-order valence-corrected chi connectivity index (χ1v) is 14.8. The third-order valence-corrected chi connectivity index (χ3v) is 9.44. The van der Waals surface area contributed by atoms with Crippen molar-refractivity contribution in [2.45, 2.75) is 31.6 Å². The number of hydrogen-bond donors (Lipinski definition) is 0. The number of aromatic nitrogens is 1. The van der Waals surface area contributed by atoms with Gasteiger partial charge in [-0.2, -0.15) is 4.31 Å². The van der Waals surface area contributed by atoms with Crippen molar-refractivity contribution in [3.05, 3.63) is 69.1 Å². The van der Waals surface area contributed by atoms with Gasteiger partial charge in [0.15, 0.2) is 0 Å². The highest BCUT2D eigenvalue weighted by molar-refractivity contribution is 14.1. The van der Waals surface area contributed by atoms with Crippen LogP contribution in [0.3, 0.4) is 0 Å². The largest absolute Gasteiger partial charge is 0.379 e. The molecule has 36 heavy (non-hydrogen) atoms. The number of hydrogen-bond acceptors (Lipinski definition) is 5. The summed E-state index contributed by atoms with van der Waals surface area (Å²) in [7, 11) is -3.61. The molecule has 5 rings (SSSR count). The fourth-order valence-corrected chi connectivity index (χ4v) is 6.95. The van der Waals surface area contributed by atoms with Gasteiger partial charge in [0.1, 0.15) is 0 Å². The Morgan fingerprint density at radius 3 is 2.42 bits per heavy atom. The van der Waals surface area contributed by atoms with E-state index < -0.39 is 10.0 Å². The van der Waals surface area contributed by atoms with E-state index in [-0.39, 0.29) is 0 Å². The van der Waals surface area contributed by atoms with Gasteiger partial charge in [-0.05, 0) is 91.7 Å². The number of nitrogens with zero attached hydrogens (tertiary/aromatic N) is 4. The van der Waals surface area contributed by atoms with Crippen LogP contribution >= 0.6 is 22.6 Å². The minimum Gasteiger partial charge on any atom is -0.379 e. The lowest BCUT2D eigenvalue weighted by Gasteiger charge is -2.28. The molecule has 0 atom stereocenters. The van der Waals surface area contributed by atoms with E-state index in [2.05, 4.69) is 52.0 Å². The van der Waals surface area contributed by atoms with Crippen LogP contribution in [0.2, 0.25) is 0 Å². The van der Waals surface area contributed by atoms with E-state index in [1.54, 1.807) is 6.07 Å². The Labute approximate surface area is 227 Å². The summed E-state index contributed by atoms with van der Waals surface area (Å²) in [6, 6.07) is 15.8. The third-order valence-electron chi connectivity index (χ3n) is 6.87. The van der Waals surface area contributed by atoms with Gasteiger partial charge in [-0.1, -0.05) is 6.07 Å². The summed E-state index contributed by atoms with van der Waals surface area (Å²) in [5.41, 5.74) is 5.95. The van der Waals surface area contributed by atoms with Crippen molar-refractivity contribution in [1.82, 2.24) is 8.87 Å². The van der Waals surface area contributed by atoms with E-state index in [4.69, 9.17) is 9.73 Å². The molecule has 0 saturated carbocycles. The van der Waals surface area contributed by atoms with Gasteiger partial charge in [-0.15, -0.1) is 0 Å². The zero-order chi connectivity index (χ0) is 25.3. The van der Waals surface area contributed by atoms with Gasteiger partial charge in [-0.25, -0.2) is 8.42 Å². The van der Waals surface area contributed by atoms with E-state index in [0.717, 1.165) is 63.5 Å². The summed E-state index contributed by atoms with van der Waals surface area (Å²) in [5.74, 6) is 0. The Bertz CT molecular complexity index is 1390. The lowest BCUT2D eigenvalue weighted by molar-refractivity contribution is 0.0730. The third kappa shape index (κ3) is 5.11. The molecule has 0 unspecified atom stereocenters. The summed E-state index contributed by atoms with van der Waals surface area (Å²) in [6.45, 7) is 7.70. The smallest absolute Gasteiger partial charge is 0.243 e. The molecule has 2 aliphatic heterocycles. The molecule has 0 amide bonds. The highest BCUT2D eigenvalue weighted by atomic mass is 127. The summed E-state index contributed by atoms with van der Waals surface area (Å²) >= 11 is 2.29. The summed E-state index contributed by atoms with van der Waals surface area (Å²) in [6.07, 6.45) is 4.18. The van der Waals surface area contributed by atoms with Crippen LogP contribution < -0.4 is 4.90 Å². The number of morpholine rings is 1. The van der Waals surface area contributed by atoms with Crippen molar-refractivity contribution < 1.29 is 13.2 Å². The average molecular weight is 619 g/mol. The van der Waals surface area contributed by atoms with E-state index in [1.165, 1.54) is 4.31 Å². The maximum absolute atomic E-state index is 13.5. The Morgan fingerprint density at radius 1 is 0.944 bits per heavy atom. The van der Waals surface area contributed by atoms with Gasteiger partial charge in [-0.3, -0.25) is 4.99 Å². The van der Waals surface area contributed by atoms with Crippen LogP contribution in [-0.2, 0) is 14.8 Å². The second-order valence-electron chi connectivity index (χ2n) is 9.26. The van der Waals surface area contributed by atoms with Gasteiger partial charge in [0.2, 0.25) is 10.0 Å². The Kier molecular flexibility index (Phi) is 7.52. The molecule has 2 aliphatic rings. The van der Waals surface area contributed by atoms with Crippen molar-refractivity contribution in [2.75, 3.05) is 44.3 Å². The van der Waals surface area contributed by atoms with Gasteiger partial charge in [0.25, 0.3) is 0 Å². The maximum atomic E-state index is 13.5. The summed E-state index contributed by atoms with van der Waals surface area (Å²) in [4.78, 5) is 7.38. The SMILES string of the molecule is Cc1cc(C=Nc2cccc(I)c2)c(C)n1-c1cc(S(=O)(=O)N2CCOCC2)ccc1N1CCCC1. The maximum Gasteiger partial charge on any atom is 0.243 e. The lowest BCUT2D eigenvalue weighted by Crippen LogP contribution is -2.40. The van der Waals surface area contributed by atoms with Crippen LogP contribution in [0.4, 0.5) is 11.4 Å². The van der Waals surface area contributed by atoms with Crippen LogP contribution in [0.1, 0.15) is 29.8 Å². The molecule has 2 aromatic carbocycles. The minimum absolute atomic E-state index is 0.323. The molecule has 1 aromatic heterocycles. The van der Waals surface area contributed by atoms with Crippen LogP contribution in [0.25, 0.3) is 5.69 Å². The number of rotatable bonds is 6. The Balaban J connectivity index is 1.58. The first kappa shape index (κ1) is 25.4. The molecule has 2 saturated heterocycles. The predicted octanol–water partition coefficient (Wildman–Crippen LogP) is 5.07. The second kappa shape index (κ2) is 10.6. The fraction of sp³-hybridized carbons (Fsp3) is 0.370. The fourth-order valence-electron chi connectivity index (χ4n) is 4.99. The van der Waals surface area contributed by atoms with E-state index in [9.17, 15) is 8.42 Å². The molecule has 2 fully saturated rings. The first-order valence-electron chi connectivity index (χ1n) is 12.3. The molecular formula is C27H31IN4O3S. The van der Waals surface area contributed by atoms with Crippen molar-refractivity contribution >= 4 is 50.2 Å². The van der Waals surface area contributed by atoms with Crippen LogP contribution in [-0.4, -0.2) is 62.9 Å². The second-order valence-corrected chi connectivity index (χ2v) is 12.4. The van der Waals surface area contributed by atoms with E-state index in [0.29, 0.717) is 31.2 Å². The van der Waals surface area contributed by atoms with Gasteiger partial charge >= 0.3 is 0 Å². The first-order chi connectivity index (χ1) is 17.3. The number of anilines is 1. The van der Waals surface area contributed by atoms with Crippen LogP contribution in [0.15, 0.2) is 58.4 Å². The van der Waals surface area contributed by atoms with Crippen molar-refractivity contribution in [1.29, 1.82) is 0 Å². The normalized spacial score (nSPS) is 17.4. The quantitative estimate of drug-likeness (QED) is 0.286. The van der Waals surface area contributed by atoms with Gasteiger partial charge in [0.05, 0.1) is 35.2 Å². The number of aryl methyl sites for hydroxylation is 1. The molecule has 0 aliphatic carbocycles. The molecule has 0 radical (unpaired) electrons. The lowest BCUT2D eigenvalue weighted by atomic mass is 10.2. The summed E-state index contributed by atoms with van der Waals surface area (Å²) < 4.78 is 37.2. The average Bonchev–Trinajstić information content (AvgIpc) is 3.51. The number of benzene rings is 2. The Hall–Kier alpha value is -2.21. The number of ether oxygens (including phenoxy) is 1. The molecule has 190 valence electrons. The molecular weight excluding hydrogens is 587 g/mol. The van der Waals surface area contributed by atoms with Gasteiger partial charge < -0.3 is 14.2 Å². The molecule has 0 N–H and O–H groups in total. The van der Waals surface area contributed by atoms with Crippen molar-refractivity contribution in [3.63, 3.8) is 0 Å². The van der Waals surface area contributed by atoms with E-state index in [1.807, 2.05) is 42.6 Å². The number of sulfonamides is 1. The molecule has 3 aromatic rings. The molecule has 3 heterocycles. The molecule has 0 bridgehead atoms. The monoisotopic (exact) mass is 618 g/mol. The van der Waals surface area contributed by atoms with Crippen LogP contribution in [0, 0.1) is 17.4 Å². The minimum atomic E-state index is -3.61. The molecule has 7 nitrogen and oxygen atoms in total. The highest BCUT2D eigenvalue weighted by Crippen LogP contribution is 2.34. The highest BCUT2D eigenvalue weighted by Gasteiger charge is 2.28. The number of halogens is 1. The topological polar surface area (TPSA) is 67.1 Å². The number of aliphatic imine (C=N–C) groups is 1. The molecule has 9 heteroatoms. The zero-order valence-electron chi connectivity index (χ0n) is 20.7. The predicted molar refractivity (Wildman–Crippen MR) is 153 cm³/mol. The zero-order valence-corrected chi connectivity index (χ0v) is 23.6. The molecule has 0 spiro atoms. The Morgan fingerprint density at radius 2 is 1.69 bits per heavy atom. The van der Waals surface area contributed by atoms with Crippen LogP contribution in [0.5, 0.6) is 0 Å². The van der Waals surface area contributed by atoms with Crippen molar-refractivity contribution in [2.24, 2.45) is 4.99 Å². The van der Waals surface area contributed by atoms with E-state index >= 15 is 0 Å². The van der Waals surface area contributed by atoms with Gasteiger partial charge in [0, 0.05) is 52.9 Å². The summed E-state index contributed by atoms with van der Waals surface area (Å²) in [5, 5.41) is 0. The van der Waals surface area contributed by atoms with Crippen molar-refractivity contribution in [3.8, 4) is 5.69 Å².